The number of anilines is 1. The van der Waals surface area contributed by atoms with Crippen molar-refractivity contribution in [3.05, 3.63) is 5.82 Å². The maximum Gasteiger partial charge on any atom is 0.202 e. The van der Waals surface area contributed by atoms with Gasteiger partial charge in [-0.2, -0.15) is 4.37 Å². The van der Waals surface area contributed by atoms with E-state index in [1.54, 1.807) is 0 Å². The fraction of sp³-hybridized carbons (Fsp3) is 0.833. The summed E-state index contributed by atoms with van der Waals surface area (Å²) in [5.74, 6) is 1.57. The number of ether oxygens (including phenoxy) is 1. The van der Waals surface area contributed by atoms with Crippen LogP contribution in [-0.2, 0) is 10.3 Å². The summed E-state index contributed by atoms with van der Waals surface area (Å²) < 4.78 is 10.5. The first-order valence-electron chi connectivity index (χ1n) is 6.36. The second kappa shape index (κ2) is 5.31. The Kier molecular flexibility index (Phi) is 3.99. The SMILES string of the molecule is CCOC1(c2nsc(NC)n2)CCCC(C)C1. The van der Waals surface area contributed by atoms with Crippen molar-refractivity contribution in [1.29, 1.82) is 0 Å². The van der Waals surface area contributed by atoms with Gasteiger partial charge in [-0.1, -0.05) is 13.3 Å². The van der Waals surface area contributed by atoms with Crippen molar-refractivity contribution in [2.45, 2.75) is 45.1 Å². The lowest BCUT2D eigenvalue weighted by atomic mass is 9.78. The molecule has 1 fully saturated rings. The van der Waals surface area contributed by atoms with Gasteiger partial charge < -0.3 is 10.1 Å². The van der Waals surface area contributed by atoms with Crippen LogP contribution in [0.5, 0.6) is 0 Å². The van der Waals surface area contributed by atoms with Gasteiger partial charge in [0.1, 0.15) is 5.60 Å². The molecule has 0 amide bonds. The Labute approximate surface area is 107 Å². The molecule has 1 aliphatic rings. The fourth-order valence-corrected chi connectivity index (χ4v) is 3.29. The molecule has 1 N–H and O–H groups in total. The van der Waals surface area contributed by atoms with Gasteiger partial charge in [-0.15, -0.1) is 0 Å². The smallest absolute Gasteiger partial charge is 0.202 e. The zero-order valence-corrected chi connectivity index (χ0v) is 11.6. The summed E-state index contributed by atoms with van der Waals surface area (Å²) in [7, 11) is 1.88. The average Bonchev–Trinajstić information content (AvgIpc) is 2.78. The van der Waals surface area contributed by atoms with Crippen LogP contribution in [0.3, 0.4) is 0 Å². The first-order chi connectivity index (χ1) is 8.20. The molecule has 1 heterocycles. The van der Waals surface area contributed by atoms with Crippen LogP contribution in [0.1, 0.15) is 45.4 Å². The summed E-state index contributed by atoms with van der Waals surface area (Å²) in [5.41, 5.74) is -0.238. The molecule has 1 aliphatic carbocycles. The van der Waals surface area contributed by atoms with E-state index < -0.39 is 0 Å². The monoisotopic (exact) mass is 255 g/mol. The number of hydrogen-bond donors (Lipinski definition) is 1. The second-order valence-electron chi connectivity index (χ2n) is 4.80. The standard InChI is InChI=1S/C12H21N3OS/c1-4-16-12(7-5-6-9(2)8-12)10-14-11(13-3)17-15-10/h9H,4-8H2,1-3H3,(H,13,14,15). The highest BCUT2D eigenvalue weighted by Crippen LogP contribution is 2.42. The normalized spacial score (nSPS) is 29.2. The Morgan fingerprint density at radius 2 is 2.41 bits per heavy atom. The highest BCUT2D eigenvalue weighted by atomic mass is 32.1. The highest BCUT2D eigenvalue weighted by Gasteiger charge is 2.40. The van der Waals surface area contributed by atoms with Crippen LogP contribution in [0, 0.1) is 5.92 Å². The molecule has 4 nitrogen and oxygen atoms in total. The minimum absolute atomic E-state index is 0.238. The molecule has 17 heavy (non-hydrogen) atoms. The van der Waals surface area contributed by atoms with E-state index in [-0.39, 0.29) is 5.60 Å². The van der Waals surface area contributed by atoms with Gasteiger partial charge in [-0.3, -0.25) is 0 Å². The number of aromatic nitrogens is 2. The number of nitrogens with one attached hydrogen (secondary N) is 1. The molecule has 1 saturated carbocycles. The summed E-state index contributed by atoms with van der Waals surface area (Å²) in [5, 5.41) is 3.92. The van der Waals surface area contributed by atoms with Crippen molar-refractivity contribution in [3.8, 4) is 0 Å². The minimum atomic E-state index is -0.238. The molecular weight excluding hydrogens is 234 g/mol. The molecule has 2 rings (SSSR count). The molecule has 1 aromatic heterocycles. The number of hydrogen-bond acceptors (Lipinski definition) is 5. The van der Waals surface area contributed by atoms with Crippen LogP contribution in [0.4, 0.5) is 5.13 Å². The fourth-order valence-electron chi connectivity index (χ4n) is 2.69. The number of nitrogens with zero attached hydrogens (tertiary/aromatic N) is 2. The zero-order chi connectivity index (χ0) is 12.3. The molecular formula is C12H21N3OS. The van der Waals surface area contributed by atoms with Crippen LogP contribution in [-0.4, -0.2) is 23.0 Å². The Bertz CT molecular complexity index is 364. The first-order valence-corrected chi connectivity index (χ1v) is 7.13. The molecule has 0 aromatic carbocycles. The van der Waals surface area contributed by atoms with Crippen molar-refractivity contribution in [2.24, 2.45) is 5.92 Å². The molecule has 0 spiro atoms. The third kappa shape index (κ3) is 2.60. The molecule has 0 aliphatic heterocycles. The molecule has 1 aromatic rings. The Balaban J connectivity index is 2.26. The van der Waals surface area contributed by atoms with E-state index in [1.165, 1.54) is 24.4 Å². The van der Waals surface area contributed by atoms with E-state index in [1.807, 2.05) is 14.0 Å². The molecule has 0 saturated heterocycles. The van der Waals surface area contributed by atoms with E-state index >= 15 is 0 Å². The molecule has 5 heteroatoms. The summed E-state index contributed by atoms with van der Waals surface area (Å²) in [4.78, 5) is 4.55. The van der Waals surface area contributed by atoms with Crippen molar-refractivity contribution < 1.29 is 4.74 Å². The Hall–Kier alpha value is -0.680. The summed E-state index contributed by atoms with van der Waals surface area (Å²) in [6.45, 7) is 5.06. The third-order valence-electron chi connectivity index (χ3n) is 3.42. The Morgan fingerprint density at radius 1 is 1.59 bits per heavy atom. The molecule has 2 unspecified atom stereocenters. The summed E-state index contributed by atoms with van der Waals surface area (Å²) >= 11 is 1.42. The van der Waals surface area contributed by atoms with Gasteiger partial charge in [0.2, 0.25) is 5.13 Å². The van der Waals surface area contributed by atoms with Crippen molar-refractivity contribution in [1.82, 2.24) is 9.36 Å². The minimum Gasteiger partial charge on any atom is -0.367 e. The second-order valence-corrected chi connectivity index (χ2v) is 5.55. The molecule has 0 radical (unpaired) electrons. The van der Waals surface area contributed by atoms with E-state index in [4.69, 9.17) is 4.74 Å². The predicted octanol–water partition coefficient (Wildman–Crippen LogP) is 3.02. The zero-order valence-electron chi connectivity index (χ0n) is 10.8. The van der Waals surface area contributed by atoms with Gasteiger partial charge in [-0.25, -0.2) is 4.98 Å². The average molecular weight is 255 g/mol. The summed E-state index contributed by atoms with van der Waals surface area (Å²) in [6, 6.07) is 0. The molecule has 0 bridgehead atoms. The lowest BCUT2D eigenvalue weighted by Gasteiger charge is -2.37. The van der Waals surface area contributed by atoms with Crippen molar-refractivity contribution in [2.75, 3.05) is 19.0 Å². The predicted molar refractivity (Wildman–Crippen MR) is 70.4 cm³/mol. The third-order valence-corrected chi connectivity index (χ3v) is 4.16. The Morgan fingerprint density at radius 3 is 3.00 bits per heavy atom. The van der Waals surface area contributed by atoms with E-state index in [0.717, 1.165) is 30.4 Å². The van der Waals surface area contributed by atoms with E-state index in [2.05, 4.69) is 21.6 Å². The van der Waals surface area contributed by atoms with Crippen LogP contribution in [0.25, 0.3) is 0 Å². The van der Waals surface area contributed by atoms with Gasteiger partial charge >= 0.3 is 0 Å². The van der Waals surface area contributed by atoms with Crippen molar-refractivity contribution in [3.63, 3.8) is 0 Å². The van der Waals surface area contributed by atoms with Crippen LogP contribution >= 0.6 is 11.5 Å². The lowest BCUT2D eigenvalue weighted by molar-refractivity contribution is -0.0872. The van der Waals surface area contributed by atoms with Gasteiger partial charge in [0.05, 0.1) is 0 Å². The van der Waals surface area contributed by atoms with Crippen LogP contribution in [0.2, 0.25) is 0 Å². The topological polar surface area (TPSA) is 47.0 Å². The molecule has 2 atom stereocenters. The molecule has 96 valence electrons. The van der Waals surface area contributed by atoms with Gasteiger partial charge in [0.15, 0.2) is 5.82 Å². The van der Waals surface area contributed by atoms with Crippen molar-refractivity contribution >= 4 is 16.7 Å². The van der Waals surface area contributed by atoms with E-state index in [9.17, 15) is 0 Å². The highest BCUT2D eigenvalue weighted by molar-refractivity contribution is 7.09. The van der Waals surface area contributed by atoms with Gasteiger partial charge in [0, 0.05) is 25.2 Å². The maximum atomic E-state index is 6.04. The number of rotatable bonds is 4. The summed E-state index contributed by atoms with van der Waals surface area (Å²) in [6.07, 6.45) is 4.58. The maximum absolute atomic E-state index is 6.04. The van der Waals surface area contributed by atoms with Gasteiger partial charge in [0.25, 0.3) is 0 Å². The van der Waals surface area contributed by atoms with Gasteiger partial charge in [-0.05, 0) is 32.1 Å². The van der Waals surface area contributed by atoms with Crippen LogP contribution in [0.15, 0.2) is 0 Å². The first kappa shape index (κ1) is 12.8. The largest absolute Gasteiger partial charge is 0.367 e. The van der Waals surface area contributed by atoms with E-state index in [0.29, 0.717) is 5.92 Å². The lowest BCUT2D eigenvalue weighted by Crippen LogP contribution is -2.36. The quantitative estimate of drug-likeness (QED) is 0.898. The van der Waals surface area contributed by atoms with Crippen LogP contribution < -0.4 is 5.32 Å².